The molecular formula is C18H20N2O2S. The van der Waals surface area contributed by atoms with Crippen LogP contribution in [0.5, 0.6) is 0 Å². The highest BCUT2D eigenvalue weighted by atomic mass is 32.1. The molecule has 120 valence electrons. The first-order chi connectivity index (χ1) is 11.1. The molecule has 5 heteroatoms. The van der Waals surface area contributed by atoms with Crippen molar-refractivity contribution in [1.29, 1.82) is 0 Å². The van der Waals surface area contributed by atoms with E-state index in [1.165, 1.54) is 28.9 Å². The molecule has 0 spiro atoms. The summed E-state index contributed by atoms with van der Waals surface area (Å²) in [7, 11) is 0. The molecule has 1 heterocycles. The van der Waals surface area contributed by atoms with Gasteiger partial charge < -0.3 is 10.6 Å². The van der Waals surface area contributed by atoms with Crippen molar-refractivity contribution in [3.05, 3.63) is 51.7 Å². The van der Waals surface area contributed by atoms with Gasteiger partial charge in [-0.05, 0) is 61.2 Å². The van der Waals surface area contributed by atoms with Gasteiger partial charge in [0.25, 0.3) is 5.91 Å². The van der Waals surface area contributed by atoms with Gasteiger partial charge in [-0.3, -0.25) is 9.59 Å². The summed E-state index contributed by atoms with van der Waals surface area (Å²) >= 11 is 1.36. The zero-order valence-electron chi connectivity index (χ0n) is 13.1. The first kappa shape index (κ1) is 15.7. The van der Waals surface area contributed by atoms with Crippen LogP contribution in [0.1, 0.15) is 40.6 Å². The number of hydrogen-bond donors (Lipinski definition) is 2. The number of carbonyl (C=O) groups excluding carboxylic acids is 2. The maximum Gasteiger partial charge on any atom is 0.261 e. The maximum atomic E-state index is 12.4. The molecule has 3 rings (SSSR count). The minimum atomic E-state index is -0.580. The van der Waals surface area contributed by atoms with E-state index < -0.39 is 6.04 Å². The molecule has 1 aliphatic carbocycles. The van der Waals surface area contributed by atoms with Gasteiger partial charge in [0, 0.05) is 5.69 Å². The number of fused-ring (bicyclic) bond motifs is 1. The van der Waals surface area contributed by atoms with Gasteiger partial charge in [0.15, 0.2) is 0 Å². The number of anilines is 1. The van der Waals surface area contributed by atoms with Crippen LogP contribution in [0.2, 0.25) is 0 Å². The molecular weight excluding hydrogens is 308 g/mol. The van der Waals surface area contributed by atoms with Gasteiger partial charge in [0.1, 0.15) is 6.04 Å². The number of nitrogens with one attached hydrogen (secondary N) is 2. The van der Waals surface area contributed by atoms with E-state index in [2.05, 4.69) is 16.7 Å². The average Bonchev–Trinajstić information content (AvgIpc) is 3.09. The molecule has 2 amide bonds. The van der Waals surface area contributed by atoms with Gasteiger partial charge in [-0.2, -0.15) is 0 Å². The molecule has 23 heavy (non-hydrogen) atoms. The summed E-state index contributed by atoms with van der Waals surface area (Å²) in [6, 6.07) is 9.04. The number of rotatable bonds is 4. The summed E-state index contributed by atoms with van der Waals surface area (Å²) in [6.07, 6.45) is 4.44. The minimum absolute atomic E-state index is 0.186. The lowest BCUT2D eigenvalue weighted by Crippen LogP contribution is -2.41. The topological polar surface area (TPSA) is 58.2 Å². The second kappa shape index (κ2) is 6.96. The third-order valence-electron chi connectivity index (χ3n) is 4.14. The van der Waals surface area contributed by atoms with Crippen molar-refractivity contribution in [3.8, 4) is 0 Å². The quantitative estimate of drug-likeness (QED) is 0.904. The maximum absolute atomic E-state index is 12.4. The van der Waals surface area contributed by atoms with Crippen LogP contribution in [-0.2, 0) is 17.6 Å². The predicted octanol–water partition coefficient (Wildman–Crippen LogP) is 3.38. The summed E-state index contributed by atoms with van der Waals surface area (Å²) in [5.41, 5.74) is 3.44. The van der Waals surface area contributed by atoms with Crippen LogP contribution in [0.4, 0.5) is 5.69 Å². The number of amides is 2. The zero-order valence-corrected chi connectivity index (χ0v) is 13.9. The molecule has 0 radical (unpaired) electrons. The fourth-order valence-electron chi connectivity index (χ4n) is 2.88. The number of thiophene rings is 1. The summed E-state index contributed by atoms with van der Waals surface area (Å²) in [6.45, 7) is 1.70. The second-order valence-electron chi connectivity index (χ2n) is 5.81. The highest BCUT2D eigenvalue weighted by molar-refractivity contribution is 7.12. The Kier molecular flexibility index (Phi) is 4.76. The molecule has 2 N–H and O–H groups in total. The van der Waals surface area contributed by atoms with Crippen LogP contribution >= 0.6 is 11.3 Å². The number of aryl methyl sites for hydroxylation is 1. The highest BCUT2D eigenvalue weighted by Crippen LogP contribution is 2.27. The Labute approximate surface area is 139 Å². The van der Waals surface area contributed by atoms with E-state index in [4.69, 9.17) is 0 Å². The Hall–Kier alpha value is -2.14. The van der Waals surface area contributed by atoms with E-state index in [1.807, 2.05) is 23.6 Å². The van der Waals surface area contributed by atoms with Gasteiger partial charge >= 0.3 is 0 Å². The minimum Gasteiger partial charge on any atom is -0.340 e. The SMILES string of the molecule is CC(NC(=O)c1cccs1)C(=O)Nc1cccc2c1CCCC2. The second-order valence-corrected chi connectivity index (χ2v) is 6.76. The Bertz CT molecular complexity index is 710. The van der Waals surface area contributed by atoms with Gasteiger partial charge in [0.05, 0.1) is 4.88 Å². The van der Waals surface area contributed by atoms with Crippen molar-refractivity contribution in [1.82, 2.24) is 5.32 Å². The number of hydrogen-bond acceptors (Lipinski definition) is 3. The number of carbonyl (C=O) groups is 2. The summed E-state index contributed by atoms with van der Waals surface area (Å²) in [5, 5.41) is 7.56. The lowest BCUT2D eigenvalue weighted by Gasteiger charge is -2.21. The molecule has 1 atom stereocenters. The predicted molar refractivity (Wildman–Crippen MR) is 93.0 cm³/mol. The van der Waals surface area contributed by atoms with E-state index >= 15 is 0 Å². The van der Waals surface area contributed by atoms with Crippen LogP contribution in [0.15, 0.2) is 35.7 Å². The first-order valence-corrected chi connectivity index (χ1v) is 8.79. The highest BCUT2D eigenvalue weighted by Gasteiger charge is 2.19. The van der Waals surface area contributed by atoms with Crippen LogP contribution in [-0.4, -0.2) is 17.9 Å². The van der Waals surface area contributed by atoms with Crippen LogP contribution < -0.4 is 10.6 Å². The lowest BCUT2D eigenvalue weighted by atomic mass is 9.90. The van der Waals surface area contributed by atoms with Crippen molar-refractivity contribution in [2.75, 3.05) is 5.32 Å². The molecule has 0 saturated carbocycles. The summed E-state index contributed by atoms with van der Waals surface area (Å²) in [5.74, 6) is -0.397. The normalized spacial score (nSPS) is 14.7. The van der Waals surface area contributed by atoms with Crippen molar-refractivity contribution in [2.45, 2.75) is 38.6 Å². The fraction of sp³-hybridized carbons (Fsp3) is 0.333. The van der Waals surface area contributed by atoms with E-state index in [0.717, 1.165) is 24.9 Å². The van der Waals surface area contributed by atoms with Crippen LogP contribution in [0.25, 0.3) is 0 Å². The van der Waals surface area contributed by atoms with E-state index in [0.29, 0.717) is 4.88 Å². The van der Waals surface area contributed by atoms with Crippen molar-refractivity contribution in [3.63, 3.8) is 0 Å². The molecule has 1 aliphatic rings. The van der Waals surface area contributed by atoms with Crippen molar-refractivity contribution < 1.29 is 9.59 Å². The first-order valence-electron chi connectivity index (χ1n) is 7.91. The van der Waals surface area contributed by atoms with Gasteiger partial charge in [-0.1, -0.05) is 18.2 Å². The van der Waals surface area contributed by atoms with Crippen LogP contribution in [0, 0.1) is 0 Å². The monoisotopic (exact) mass is 328 g/mol. The third-order valence-corrected chi connectivity index (χ3v) is 5.01. The summed E-state index contributed by atoms with van der Waals surface area (Å²) in [4.78, 5) is 25.0. The lowest BCUT2D eigenvalue weighted by molar-refractivity contribution is -0.117. The van der Waals surface area contributed by atoms with Crippen molar-refractivity contribution >= 4 is 28.8 Å². The Morgan fingerprint density at radius 1 is 1.13 bits per heavy atom. The molecule has 1 aromatic heterocycles. The van der Waals surface area contributed by atoms with E-state index in [1.54, 1.807) is 13.0 Å². The Morgan fingerprint density at radius 3 is 2.74 bits per heavy atom. The molecule has 2 aromatic rings. The standard InChI is InChI=1S/C18H20N2O2S/c1-12(19-18(22)16-10-5-11-23-16)17(21)20-15-9-4-7-13-6-2-3-8-14(13)15/h4-5,7,9-12H,2-3,6,8H2,1H3,(H,19,22)(H,20,21). The summed E-state index contributed by atoms with van der Waals surface area (Å²) < 4.78 is 0. The molecule has 0 saturated heterocycles. The van der Waals surface area contributed by atoms with Gasteiger partial charge in [-0.15, -0.1) is 11.3 Å². The van der Waals surface area contributed by atoms with Gasteiger partial charge in [0.2, 0.25) is 5.91 Å². The Morgan fingerprint density at radius 2 is 1.96 bits per heavy atom. The molecule has 1 aromatic carbocycles. The van der Waals surface area contributed by atoms with Crippen LogP contribution in [0.3, 0.4) is 0 Å². The molecule has 0 fully saturated rings. The average molecular weight is 328 g/mol. The molecule has 1 unspecified atom stereocenters. The van der Waals surface area contributed by atoms with Crippen molar-refractivity contribution in [2.24, 2.45) is 0 Å². The van der Waals surface area contributed by atoms with Gasteiger partial charge in [-0.25, -0.2) is 0 Å². The zero-order chi connectivity index (χ0) is 16.2. The number of benzene rings is 1. The largest absolute Gasteiger partial charge is 0.340 e. The fourth-order valence-corrected chi connectivity index (χ4v) is 3.51. The van der Waals surface area contributed by atoms with E-state index in [-0.39, 0.29) is 11.8 Å². The molecule has 4 nitrogen and oxygen atoms in total. The third kappa shape index (κ3) is 3.62. The smallest absolute Gasteiger partial charge is 0.261 e. The molecule has 0 aliphatic heterocycles. The molecule has 0 bridgehead atoms. The Balaban J connectivity index is 1.66. The van der Waals surface area contributed by atoms with E-state index in [9.17, 15) is 9.59 Å².